The smallest absolute Gasteiger partial charge is 0.416 e. The van der Waals surface area contributed by atoms with E-state index in [1.54, 1.807) is 24.5 Å². The van der Waals surface area contributed by atoms with Crippen molar-refractivity contribution < 1.29 is 17.9 Å². The number of halogens is 3. The molecule has 3 nitrogen and oxygen atoms in total. The van der Waals surface area contributed by atoms with Crippen molar-refractivity contribution in [1.29, 1.82) is 0 Å². The number of alkyl halides is 3. The van der Waals surface area contributed by atoms with E-state index in [0.29, 0.717) is 29.0 Å². The number of rotatable bonds is 4. The number of benzene rings is 2. The molecule has 0 atom stereocenters. The van der Waals surface area contributed by atoms with Crippen LogP contribution in [0.15, 0.2) is 73.1 Å². The third-order valence-corrected chi connectivity index (χ3v) is 4.26. The zero-order valence-electron chi connectivity index (χ0n) is 14.1. The van der Waals surface area contributed by atoms with Crippen LogP contribution >= 0.6 is 0 Å². The van der Waals surface area contributed by atoms with E-state index in [1.807, 2.05) is 30.3 Å². The number of fused-ring (bicyclic) bond motifs is 1. The summed E-state index contributed by atoms with van der Waals surface area (Å²) in [6, 6.07) is 16.8. The predicted octanol–water partition coefficient (Wildman–Crippen LogP) is 5.83. The topological polar surface area (TPSA) is 37.9 Å². The lowest BCUT2D eigenvalue weighted by Crippen LogP contribution is -2.03. The first kappa shape index (κ1) is 17.1. The maximum absolute atomic E-state index is 12.9. The fraction of sp³-hybridized carbons (Fsp3) is 0.0952. The van der Waals surface area contributed by atoms with Gasteiger partial charge >= 0.3 is 6.18 Å². The van der Waals surface area contributed by atoms with Crippen molar-refractivity contribution in [3.8, 4) is 17.0 Å². The Morgan fingerprint density at radius 3 is 2.56 bits per heavy atom. The van der Waals surface area contributed by atoms with E-state index in [-0.39, 0.29) is 0 Å². The molecular weight excluding hydrogens is 353 g/mol. The summed E-state index contributed by atoms with van der Waals surface area (Å²) in [4.78, 5) is 7.25. The molecule has 27 heavy (non-hydrogen) atoms. The van der Waals surface area contributed by atoms with Crippen molar-refractivity contribution in [2.45, 2.75) is 12.8 Å². The van der Waals surface area contributed by atoms with E-state index >= 15 is 0 Å². The number of aromatic nitrogens is 2. The molecule has 0 aliphatic rings. The van der Waals surface area contributed by atoms with E-state index in [1.165, 1.54) is 6.07 Å². The molecule has 2 aromatic carbocycles. The van der Waals surface area contributed by atoms with Gasteiger partial charge in [0.2, 0.25) is 0 Å². The van der Waals surface area contributed by atoms with Crippen LogP contribution in [0, 0.1) is 0 Å². The molecule has 0 amide bonds. The lowest BCUT2D eigenvalue weighted by molar-refractivity contribution is -0.137. The van der Waals surface area contributed by atoms with Gasteiger partial charge in [-0.1, -0.05) is 30.3 Å². The van der Waals surface area contributed by atoms with Crippen molar-refractivity contribution in [3.63, 3.8) is 0 Å². The Morgan fingerprint density at radius 2 is 1.78 bits per heavy atom. The maximum atomic E-state index is 12.9. The van der Waals surface area contributed by atoms with Crippen molar-refractivity contribution in [1.82, 2.24) is 9.97 Å². The Kier molecular flexibility index (Phi) is 4.32. The van der Waals surface area contributed by atoms with Crippen molar-refractivity contribution in [2.75, 3.05) is 0 Å². The highest BCUT2D eigenvalue weighted by Gasteiger charge is 2.30. The van der Waals surface area contributed by atoms with E-state index < -0.39 is 11.7 Å². The first-order chi connectivity index (χ1) is 13.0. The van der Waals surface area contributed by atoms with Gasteiger partial charge in [-0.05, 0) is 35.9 Å². The molecule has 0 aliphatic carbocycles. The highest BCUT2D eigenvalue weighted by atomic mass is 19.4. The molecule has 0 fully saturated rings. The Labute approximate surface area is 153 Å². The lowest BCUT2D eigenvalue weighted by atomic mass is 10.1. The van der Waals surface area contributed by atoms with Crippen molar-refractivity contribution in [2.24, 2.45) is 0 Å². The number of hydrogen-bond acceptors (Lipinski definition) is 2. The van der Waals surface area contributed by atoms with Gasteiger partial charge in [0.25, 0.3) is 0 Å². The maximum Gasteiger partial charge on any atom is 0.416 e. The van der Waals surface area contributed by atoms with Gasteiger partial charge in [-0.15, -0.1) is 0 Å². The molecule has 2 heterocycles. The number of hydrogen-bond donors (Lipinski definition) is 1. The first-order valence-electron chi connectivity index (χ1n) is 8.32. The summed E-state index contributed by atoms with van der Waals surface area (Å²) in [5.74, 6) is 0.559. The van der Waals surface area contributed by atoms with E-state index in [2.05, 4.69) is 9.97 Å². The van der Waals surface area contributed by atoms with Crippen LogP contribution in [0.2, 0.25) is 0 Å². The van der Waals surface area contributed by atoms with Gasteiger partial charge in [0.05, 0.1) is 17.5 Å². The number of pyridine rings is 1. The second kappa shape index (κ2) is 6.79. The molecule has 0 aliphatic heterocycles. The van der Waals surface area contributed by atoms with Crippen molar-refractivity contribution >= 4 is 10.9 Å². The molecule has 1 N–H and O–H groups in total. The Bertz CT molecular complexity index is 1070. The highest BCUT2D eigenvalue weighted by molar-refractivity contribution is 5.87. The zero-order chi connectivity index (χ0) is 18.9. The molecule has 2 aromatic heterocycles. The molecule has 0 spiro atoms. The minimum Gasteiger partial charge on any atom is -0.487 e. The average Bonchev–Trinajstić information content (AvgIpc) is 3.10. The van der Waals surface area contributed by atoms with Crippen LogP contribution < -0.4 is 4.74 Å². The second-order valence-electron chi connectivity index (χ2n) is 6.13. The fourth-order valence-corrected chi connectivity index (χ4v) is 2.91. The number of nitrogens with zero attached hydrogens (tertiary/aromatic N) is 1. The Balaban J connectivity index is 1.67. The molecule has 6 heteroatoms. The predicted molar refractivity (Wildman–Crippen MR) is 97.3 cm³/mol. The quantitative estimate of drug-likeness (QED) is 0.492. The second-order valence-corrected chi connectivity index (χ2v) is 6.13. The zero-order valence-corrected chi connectivity index (χ0v) is 14.1. The monoisotopic (exact) mass is 368 g/mol. The molecule has 4 aromatic rings. The Morgan fingerprint density at radius 1 is 0.963 bits per heavy atom. The lowest BCUT2D eigenvalue weighted by Gasteiger charge is -2.10. The number of aromatic amines is 1. The van der Waals surface area contributed by atoms with Gasteiger partial charge in [-0.2, -0.15) is 13.2 Å². The molecule has 0 saturated carbocycles. The van der Waals surface area contributed by atoms with E-state index in [0.717, 1.165) is 23.3 Å². The normalized spacial score (nSPS) is 11.7. The molecular formula is C21H15F3N2O. The molecule has 0 radical (unpaired) electrons. The highest BCUT2D eigenvalue weighted by Crippen LogP contribution is 2.35. The van der Waals surface area contributed by atoms with Crippen LogP contribution in [-0.2, 0) is 12.8 Å². The third kappa shape index (κ3) is 3.65. The SMILES string of the molecule is FC(F)(F)c1ccc2[nH]c(-c3ccncc3OCc3ccccc3)cc2c1. The minimum absolute atomic E-state index is 0.373. The van der Waals surface area contributed by atoms with Crippen LogP contribution in [0.3, 0.4) is 0 Å². The van der Waals surface area contributed by atoms with E-state index in [4.69, 9.17) is 4.74 Å². The molecule has 0 saturated heterocycles. The summed E-state index contributed by atoms with van der Waals surface area (Å²) in [6.45, 7) is 0.373. The van der Waals surface area contributed by atoms with Gasteiger partial charge in [-0.25, -0.2) is 0 Å². The summed E-state index contributed by atoms with van der Waals surface area (Å²) < 4.78 is 44.7. The third-order valence-electron chi connectivity index (χ3n) is 4.26. The van der Waals surface area contributed by atoms with Crippen LogP contribution in [0.1, 0.15) is 11.1 Å². The molecule has 4 rings (SSSR count). The van der Waals surface area contributed by atoms with Crippen LogP contribution in [0.25, 0.3) is 22.2 Å². The number of nitrogens with one attached hydrogen (secondary N) is 1. The largest absolute Gasteiger partial charge is 0.487 e. The molecule has 0 bridgehead atoms. The first-order valence-corrected chi connectivity index (χ1v) is 8.32. The summed E-state index contributed by atoms with van der Waals surface area (Å²) >= 11 is 0. The van der Waals surface area contributed by atoms with Crippen LogP contribution in [-0.4, -0.2) is 9.97 Å². The number of ether oxygens (including phenoxy) is 1. The molecule has 0 unspecified atom stereocenters. The number of H-pyrrole nitrogens is 1. The van der Waals surface area contributed by atoms with E-state index in [9.17, 15) is 13.2 Å². The summed E-state index contributed by atoms with van der Waals surface area (Å²) in [5.41, 5.74) is 2.39. The van der Waals surface area contributed by atoms with Gasteiger partial charge < -0.3 is 9.72 Å². The summed E-state index contributed by atoms with van der Waals surface area (Å²) in [5, 5.41) is 0.491. The van der Waals surface area contributed by atoms with Gasteiger partial charge in [0, 0.05) is 22.7 Å². The van der Waals surface area contributed by atoms with Crippen LogP contribution in [0.5, 0.6) is 5.75 Å². The minimum atomic E-state index is -4.37. The average molecular weight is 368 g/mol. The Hall–Kier alpha value is -3.28. The van der Waals surface area contributed by atoms with Gasteiger partial charge in [0.15, 0.2) is 0 Å². The molecule has 136 valence electrons. The van der Waals surface area contributed by atoms with Gasteiger partial charge in [-0.3, -0.25) is 4.98 Å². The summed E-state index contributed by atoms with van der Waals surface area (Å²) in [6.07, 6.45) is -1.14. The van der Waals surface area contributed by atoms with Crippen molar-refractivity contribution in [3.05, 3.63) is 84.2 Å². The fourth-order valence-electron chi connectivity index (χ4n) is 2.91. The van der Waals surface area contributed by atoms with Gasteiger partial charge in [0.1, 0.15) is 12.4 Å². The standard InChI is InChI=1S/C21H15F3N2O/c22-21(23,24)16-6-7-18-15(10-16)11-19(26-18)17-8-9-25-12-20(17)27-13-14-4-2-1-3-5-14/h1-12,26H,13H2. The summed E-state index contributed by atoms with van der Waals surface area (Å²) in [7, 11) is 0. The van der Waals surface area contributed by atoms with Crippen LogP contribution in [0.4, 0.5) is 13.2 Å².